The lowest BCUT2D eigenvalue weighted by atomic mass is 10.2. The Kier molecular flexibility index (Phi) is 6.58. The number of piperazine rings is 1. The van der Waals surface area contributed by atoms with Crippen molar-refractivity contribution < 1.29 is 9.90 Å². The fraction of sp³-hybridized carbons (Fsp3) is 0.471. The van der Waals surface area contributed by atoms with E-state index < -0.39 is 0 Å². The Labute approximate surface area is 132 Å². The molecule has 1 N–H and O–H groups in total. The zero-order valence-corrected chi connectivity index (χ0v) is 13.0. The van der Waals surface area contributed by atoms with Gasteiger partial charge in [0.1, 0.15) is 0 Å². The van der Waals surface area contributed by atoms with Crippen LogP contribution < -0.4 is 4.90 Å². The molecule has 1 fully saturated rings. The van der Waals surface area contributed by atoms with E-state index in [1.54, 1.807) is 11.0 Å². The van der Waals surface area contributed by atoms with E-state index in [0.29, 0.717) is 19.6 Å². The van der Waals surface area contributed by atoms with Gasteiger partial charge in [0.2, 0.25) is 5.91 Å². The first-order valence-corrected chi connectivity index (χ1v) is 7.76. The highest BCUT2D eigenvalue weighted by Crippen LogP contribution is 2.14. The van der Waals surface area contributed by atoms with Crippen LogP contribution in [0.1, 0.15) is 0 Å². The average Bonchev–Trinajstić information content (AvgIpc) is 2.55. The number of nitrogens with zero attached hydrogens (tertiary/aromatic N) is 3. The number of β-amino-alcohol motifs (C(OH)–C–C–N with tert-alkyl or cyclic N) is 1. The largest absolute Gasteiger partial charge is 0.395 e. The topological polar surface area (TPSA) is 47.0 Å². The third-order valence-corrected chi connectivity index (χ3v) is 3.92. The lowest BCUT2D eigenvalue weighted by Gasteiger charge is -2.35. The van der Waals surface area contributed by atoms with Gasteiger partial charge in [0.15, 0.2) is 0 Å². The number of benzene rings is 1. The summed E-state index contributed by atoms with van der Waals surface area (Å²) in [5.74, 6) is 0.0988. The minimum absolute atomic E-state index is 0.0988. The van der Waals surface area contributed by atoms with Crippen molar-refractivity contribution in [3.8, 4) is 0 Å². The van der Waals surface area contributed by atoms with Gasteiger partial charge in [-0.3, -0.25) is 14.6 Å². The molecule has 1 heterocycles. The maximum absolute atomic E-state index is 12.6. The van der Waals surface area contributed by atoms with E-state index in [4.69, 9.17) is 5.11 Å². The monoisotopic (exact) mass is 303 g/mol. The van der Waals surface area contributed by atoms with E-state index in [1.165, 1.54) is 0 Å². The molecule has 1 amide bonds. The van der Waals surface area contributed by atoms with Gasteiger partial charge in [0.05, 0.1) is 13.2 Å². The molecule has 120 valence electrons. The van der Waals surface area contributed by atoms with Crippen molar-refractivity contribution in [2.45, 2.75) is 0 Å². The molecule has 1 saturated heterocycles. The Hall–Kier alpha value is -1.69. The normalized spacial score (nSPS) is 16.4. The summed E-state index contributed by atoms with van der Waals surface area (Å²) in [7, 11) is 0. The van der Waals surface area contributed by atoms with Gasteiger partial charge < -0.3 is 10.0 Å². The van der Waals surface area contributed by atoms with Gasteiger partial charge in [-0.25, -0.2) is 0 Å². The predicted molar refractivity (Wildman–Crippen MR) is 89.0 cm³/mol. The zero-order chi connectivity index (χ0) is 15.8. The zero-order valence-electron chi connectivity index (χ0n) is 13.0. The quantitative estimate of drug-likeness (QED) is 0.758. The first-order valence-electron chi connectivity index (χ1n) is 7.76. The van der Waals surface area contributed by atoms with Gasteiger partial charge >= 0.3 is 0 Å². The lowest BCUT2D eigenvalue weighted by molar-refractivity contribution is -0.120. The second kappa shape index (κ2) is 8.68. The molecule has 5 nitrogen and oxygen atoms in total. The summed E-state index contributed by atoms with van der Waals surface area (Å²) in [6, 6.07) is 9.71. The number of hydrogen-bond donors (Lipinski definition) is 1. The van der Waals surface area contributed by atoms with Crippen molar-refractivity contribution in [2.75, 3.05) is 57.3 Å². The van der Waals surface area contributed by atoms with E-state index in [0.717, 1.165) is 31.9 Å². The number of para-hydroxylation sites is 1. The SMILES string of the molecule is C=CCN(C(=O)CN1CCN(CCO)CC1)c1ccccc1. The van der Waals surface area contributed by atoms with Crippen molar-refractivity contribution in [1.29, 1.82) is 0 Å². The van der Waals surface area contributed by atoms with Crippen LogP contribution in [0.4, 0.5) is 5.69 Å². The number of amides is 1. The molecule has 2 rings (SSSR count). The van der Waals surface area contributed by atoms with Gasteiger partial charge in [-0.05, 0) is 12.1 Å². The average molecular weight is 303 g/mol. The van der Waals surface area contributed by atoms with Crippen molar-refractivity contribution >= 4 is 11.6 Å². The summed E-state index contributed by atoms with van der Waals surface area (Å²) in [6.45, 7) is 9.14. The van der Waals surface area contributed by atoms with Gasteiger partial charge in [0.25, 0.3) is 0 Å². The van der Waals surface area contributed by atoms with Crippen molar-refractivity contribution in [3.63, 3.8) is 0 Å². The fourth-order valence-corrected chi connectivity index (χ4v) is 2.68. The molecular formula is C17H25N3O2. The summed E-state index contributed by atoms with van der Waals surface area (Å²) >= 11 is 0. The molecule has 0 radical (unpaired) electrons. The molecule has 0 spiro atoms. The molecule has 1 aromatic rings. The Morgan fingerprint density at radius 3 is 2.41 bits per heavy atom. The second-order valence-corrected chi connectivity index (χ2v) is 5.47. The second-order valence-electron chi connectivity index (χ2n) is 5.47. The van der Waals surface area contributed by atoms with E-state index in [2.05, 4.69) is 16.4 Å². The molecule has 0 saturated carbocycles. The standard InChI is InChI=1S/C17H25N3O2/c1-2-8-20(16-6-4-3-5-7-16)17(22)15-19-11-9-18(10-12-19)13-14-21/h2-7,21H,1,8-15H2. The third kappa shape index (κ3) is 4.66. The van der Waals surface area contributed by atoms with Crippen LogP contribution in [0.5, 0.6) is 0 Å². The van der Waals surface area contributed by atoms with Crippen molar-refractivity contribution in [3.05, 3.63) is 43.0 Å². The summed E-state index contributed by atoms with van der Waals surface area (Å²) in [6.07, 6.45) is 1.75. The summed E-state index contributed by atoms with van der Waals surface area (Å²) in [5, 5.41) is 8.96. The van der Waals surface area contributed by atoms with Crippen LogP contribution in [0.2, 0.25) is 0 Å². The van der Waals surface area contributed by atoms with E-state index in [9.17, 15) is 4.79 Å². The van der Waals surface area contributed by atoms with E-state index >= 15 is 0 Å². The maximum Gasteiger partial charge on any atom is 0.241 e. The number of rotatable bonds is 7. The maximum atomic E-state index is 12.6. The highest BCUT2D eigenvalue weighted by atomic mass is 16.3. The van der Waals surface area contributed by atoms with Gasteiger partial charge in [0, 0.05) is 45.0 Å². The van der Waals surface area contributed by atoms with Crippen LogP contribution in [0.15, 0.2) is 43.0 Å². The number of aliphatic hydroxyl groups is 1. The molecule has 5 heteroatoms. The first kappa shape index (κ1) is 16.7. The van der Waals surface area contributed by atoms with Crippen molar-refractivity contribution in [2.24, 2.45) is 0 Å². The Morgan fingerprint density at radius 2 is 1.82 bits per heavy atom. The van der Waals surface area contributed by atoms with Gasteiger partial charge in [-0.15, -0.1) is 6.58 Å². The fourth-order valence-electron chi connectivity index (χ4n) is 2.68. The molecule has 1 aliphatic heterocycles. The minimum Gasteiger partial charge on any atom is -0.395 e. The molecule has 0 aromatic heterocycles. The highest BCUT2D eigenvalue weighted by molar-refractivity contribution is 5.95. The van der Waals surface area contributed by atoms with Crippen LogP contribution in [0, 0.1) is 0 Å². The molecule has 0 atom stereocenters. The van der Waals surface area contributed by atoms with Crippen LogP contribution in [0.25, 0.3) is 0 Å². The molecule has 22 heavy (non-hydrogen) atoms. The number of aliphatic hydroxyl groups excluding tert-OH is 1. The predicted octanol–water partition coefficient (Wildman–Crippen LogP) is 0.816. The van der Waals surface area contributed by atoms with Gasteiger partial charge in [-0.2, -0.15) is 0 Å². The summed E-state index contributed by atoms with van der Waals surface area (Å²) in [4.78, 5) is 18.8. The molecule has 0 aliphatic carbocycles. The summed E-state index contributed by atoms with van der Waals surface area (Å²) in [5.41, 5.74) is 0.909. The first-order chi connectivity index (χ1) is 10.7. The molecular weight excluding hydrogens is 278 g/mol. The number of carbonyl (C=O) groups is 1. The third-order valence-electron chi connectivity index (χ3n) is 3.92. The minimum atomic E-state index is 0.0988. The van der Waals surface area contributed by atoms with Gasteiger partial charge in [-0.1, -0.05) is 24.3 Å². The molecule has 1 aliphatic rings. The summed E-state index contributed by atoms with van der Waals surface area (Å²) < 4.78 is 0. The van der Waals surface area contributed by atoms with Crippen LogP contribution in [-0.4, -0.2) is 73.2 Å². The Morgan fingerprint density at radius 1 is 1.18 bits per heavy atom. The Balaban J connectivity index is 1.91. The number of hydrogen-bond acceptors (Lipinski definition) is 4. The van der Waals surface area contributed by atoms with E-state index in [-0.39, 0.29) is 12.5 Å². The van der Waals surface area contributed by atoms with Crippen LogP contribution in [0.3, 0.4) is 0 Å². The highest BCUT2D eigenvalue weighted by Gasteiger charge is 2.21. The molecule has 0 unspecified atom stereocenters. The van der Waals surface area contributed by atoms with Crippen molar-refractivity contribution in [1.82, 2.24) is 9.80 Å². The van der Waals surface area contributed by atoms with E-state index in [1.807, 2.05) is 30.3 Å². The number of anilines is 1. The molecule has 1 aromatic carbocycles. The van der Waals surface area contributed by atoms with Crippen LogP contribution in [-0.2, 0) is 4.79 Å². The lowest BCUT2D eigenvalue weighted by Crippen LogP contribution is -2.50. The molecule has 0 bridgehead atoms. The number of carbonyl (C=O) groups excluding carboxylic acids is 1. The smallest absolute Gasteiger partial charge is 0.241 e. The van der Waals surface area contributed by atoms with Crippen LogP contribution >= 0.6 is 0 Å². The Bertz CT molecular complexity index is 470.